The molecule has 4 aromatic heterocycles. The first-order valence-corrected chi connectivity index (χ1v) is 10.0. The molecule has 0 saturated carbocycles. The van der Waals surface area contributed by atoms with Crippen LogP contribution in [0.5, 0.6) is 0 Å². The standard InChI is InChI=1S/C26H16N4/c1-2-8-18-17(7-1)12-13-19-20-16-29-22-10-4-3-9-21(22)28-25(29)15-23(20)30(26(18)19)24-11-5-6-14-27-24/h1-16H. The van der Waals surface area contributed by atoms with E-state index in [1.165, 1.54) is 27.1 Å². The summed E-state index contributed by atoms with van der Waals surface area (Å²) in [6, 6.07) is 29.5. The smallest absolute Gasteiger partial charge is 0.140 e. The second kappa shape index (κ2) is 5.67. The largest absolute Gasteiger partial charge is 0.299 e. The molecule has 4 heteroatoms. The Bertz CT molecular complexity index is 1740. The lowest BCUT2D eigenvalue weighted by Crippen LogP contribution is -1.97. The number of fused-ring (bicyclic) bond motifs is 8. The summed E-state index contributed by atoms with van der Waals surface area (Å²) in [4.78, 5) is 9.55. The van der Waals surface area contributed by atoms with Gasteiger partial charge in [0.15, 0.2) is 0 Å². The Morgan fingerprint density at radius 2 is 1.53 bits per heavy atom. The molecule has 140 valence electrons. The second-order valence-corrected chi connectivity index (χ2v) is 7.61. The van der Waals surface area contributed by atoms with Crippen LogP contribution < -0.4 is 0 Å². The maximum Gasteiger partial charge on any atom is 0.140 e. The van der Waals surface area contributed by atoms with Crippen LogP contribution in [0, 0.1) is 0 Å². The van der Waals surface area contributed by atoms with Gasteiger partial charge in [0.05, 0.1) is 22.1 Å². The number of aromatic nitrogens is 4. The highest BCUT2D eigenvalue weighted by Gasteiger charge is 2.17. The predicted octanol–water partition coefficient (Wildman–Crippen LogP) is 6.13. The van der Waals surface area contributed by atoms with Crippen LogP contribution in [0.4, 0.5) is 0 Å². The molecule has 0 radical (unpaired) electrons. The van der Waals surface area contributed by atoms with E-state index in [2.05, 4.69) is 86.9 Å². The number of para-hydroxylation sites is 2. The molecule has 0 aliphatic rings. The molecule has 0 atom stereocenters. The van der Waals surface area contributed by atoms with Crippen molar-refractivity contribution in [2.45, 2.75) is 0 Å². The van der Waals surface area contributed by atoms with Gasteiger partial charge in [-0.25, -0.2) is 9.97 Å². The maximum atomic E-state index is 4.86. The number of hydrogen-bond acceptors (Lipinski definition) is 2. The van der Waals surface area contributed by atoms with Crippen molar-refractivity contribution >= 4 is 49.3 Å². The van der Waals surface area contributed by atoms with Gasteiger partial charge in [0.1, 0.15) is 11.5 Å². The van der Waals surface area contributed by atoms with E-state index in [1.54, 1.807) is 0 Å². The molecule has 0 fully saturated rings. The molecule has 0 N–H and O–H groups in total. The fraction of sp³-hybridized carbons (Fsp3) is 0. The maximum absolute atomic E-state index is 4.86. The van der Waals surface area contributed by atoms with Gasteiger partial charge in [-0.05, 0) is 29.7 Å². The second-order valence-electron chi connectivity index (χ2n) is 7.61. The van der Waals surface area contributed by atoms with Crippen LogP contribution in [0.2, 0.25) is 0 Å². The first kappa shape index (κ1) is 15.7. The van der Waals surface area contributed by atoms with Crippen molar-refractivity contribution < 1.29 is 0 Å². The summed E-state index contributed by atoms with van der Waals surface area (Å²) in [7, 11) is 0. The minimum Gasteiger partial charge on any atom is -0.299 e. The zero-order valence-electron chi connectivity index (χ0n) is 16.0. The lowest BCUT2D eigenvalue weighted by Gasteiger charge is -2.08. The van der Waals surface area contributed by atoms with Gasteiger partial charge in [-0.2, -0.15) is 0 Å². The summed E-state index contributed by atoms with van der Waals surface area (Å²) < 4.78 is 4.46. The van der Waals surface area contributed by atoms with E-state index in [0.29, 0.717) is 0 Å². The average molecular weight is 384 g/mol. The highest BCUT2D eigenvalue weighted by molar-refractivity contribution is 6.18. The summed E-state index contributed by atoms with van der Waals surface area (Å²) in [5, 5.41) is 4.85. The van der Waals surface area contributed by atoms with Crippen molar-refractivity contribution in [1.29, 1.82) is 0 Å². The first-order chi connectivity index (χ1) is 14.9. The van der Waals surface area contributed by atoms with Crippen LogP contribution in [0.15, 0.2) is 97.3 Å². The van der Waals surface area contributed by atoms with Crippen molar-refractivity contribution in [1.82, 2.24) is 18.9 Å². The number of pyridine rings is 2. The van der Waals surface area contributed by atoms with E-state index in [-0.39, 0.29) is 0 Å². The minimum absolute atomic E-state index is 0.911. The molecule has 3 aromatic carbocycles. The Balaban J connectivity index is 1.76. The van der Waals surface area contributed by atoms with Crippen LogP contribution >= 0.6 is 0 Å². The molecule has 7 aromatic rings. The van der Waals surface area contributed by atoms with Gasteiger partial charge >= 0.3 is 0 Å². The Hall–Kier alpha value is -4.18. The van der Waals surface area contributed by atoms with Crippen LogP contribution in [0.3, 0.4) is 0 Å². The van der Waals surface area contributed by atoms with Gasteiger partial charge in [0.2, 0.25) is 0 Å². The number of hydrogen-bond donors (Lipinski definition) is 0. The van der Waals surface area contributed by atoms with Crippen molar-refractivity contribution in [3.8, 4) is 5.82 Å². The quantitative estimate of drug-likeness (QED) is 0.341. The fourth-order valence-corrected chi connectivity index (χ4v) is 4.65. The Kier molecular flexibility index (Phi) is 2.97. The highest BCUT2D eigenvalue weighted by atomic mass is 15.1. The fourth-order valence-electron chi connectivity index (χ4n) is 4.65. The summed E-state index contributed by atoms with van der Waals surface area (Å²) in [5.41, 5.74) is 5.36. The molecule has 4 nitrogen and oxygen atoms in total. The van der Waals surface area contributed by atoms with Crippen molar-refractivity contribution in [2.24, 2.45) is 0 Å². The Labute approximate surface area is 171 Å². The molecular weight excluding hydrogens is 368 g/mol. The number of rotatable bonds is 1. The van der Waals surface area contributed by atoms with Gasteiger partial charge in [-0.1, -0.05) is 54.6 Å². The van der Waals surface area contributed by atoms with E-state index >= 15 is 0 Å². The topological polar surface area (TPSA) is 35.1 Å². The van der Waals surface area contributed by atoms with Crippen molar-refractivity contribution in [3.63, 3.8) is 0 Å². The molecule has 0 spiro atoms. The zero-order valence-corrected chi connectivity index (χ0v) is 16.0. The van der Waals surface area contributed by atoms with Crippen LogP contribution in [-0.2, 0) is 0 Å². The van der Waals surface area contributed by atoms with Crippen LogP contribution in [0.25, 0.3) is 55.1 Å². The minimum atomic E-state index is 0.911. The summed E-state index contributed by atoms with van der Waals surface area (Å²) in [6.07, 6.45) is 4.07. The third kappa shape index (κ3) is 2.00. The van der Waals surface area contributed by atoms with E-state index in [9.17, 15) is 0 Å². The lowest BCUT2D eigenvalue weighted by atomic mass is 10.1. The summed E-state index contributed by atoms with van der Waals surface area (Å²) in [6.45, 7) is 0. The molecular formula is C26H16N4. The monoisotopic (exact) mass is 384 g/mol. The highest BCUT2D eigenvalue weighted by Crippen LogP contribution is 2.37. The zero-order chi connectivity index (χ0) is 19.7. The van der Waals surface area contributed by atoms with Gasteiger partial charge < -0.3 is 0 Å². The molecule has 7 rings (SSSR count). The van der Waals surface area contributed by atoms with Crippen molar-refractivity contribution in [2.75, 3.05) is 0 Å². The lowest BCUT2D eigenvalue weighted by molar-refractivity contribution is 1.08. The summed E-state index contributed by atoms with van der Waals surface area (Å²) >= 11 is 0. The molecule has 0 aliphatic heterocycles. The molecule has 4 heterocycles. The Morgan fingerprint density at radius 3 is 2.47 bits per heavy atom. The van der Waals surface area contributed by atoms with Gasteiger partial charge in [0, 0.05) is 34.6 Å². The van der Waals surface area contributed by atoms with E-state index < -0.39 is 0 Å². The average Bonchev–Trinajstić information content (AvgIpc) is 3.33. The van der Waals surface area contributed by atoms with Crippen molar-refractivity contribution in [3.05, 3.63) is 97.3 Å². The van der Waals surface area contributed by atoms with Crippen LogP contribution in [-0.4, -0.2) is 18.9 Å². The van der Waals surface area contributed by atoms with Gasteiger partial charge in [0.25, 0.3) is 0 Å². The van der Waals surface area contributed by atoms with E-state index in [0.717, 1.165) is 28.0 Å². The van der Waals surface area contributed by atoms with E-state index in [1.807, 2.05) is 24.4 Å². The summed E-state index contributed by atoms with van der Waals surface area (Å²) in [5.74, 6) is 0.911. The molecule has 0 aliphatic carbocycles. The molecule has 0 bridgehead atoms. The molecule has 30 heavy (non-hydrogen) atoms. The Morgan fingerprint density at radius 1 is 0.667 bits per heavy atom. The van der Waals surface area contributed by atoms with Gasteiger partial charge in [-0.15, -0.1) is 0 Å². The van der Waals surface area contributed by atoms with E-state index in [4.69, 9.17) is 4.98 Å². The predicted molar refractivity (Wildman–Crippen MR) is 122 cm³/mol. The number of imidazole rings is 1. The van der Waals surface area contributed by atoms with Crippen LogP contribution in [0.1, 0.15) is 0 Å². The molecule has 0 amide bonds. The SMILES string of the molecule is c1ccc(-n2c3cc4nc5ccccc5n4cc3c3ccc4ccccc4c32)nc1. The third-order valence-corrected chi connectivity index (χ3v) is 5.96. The first-order valence-electron chi connectivity index (χ1n) is 10.0. The molecule has 0 unspecified atom stereocenters. The normalized spacial score (nSPS) is 12.0. The number of nitrogens with zero attached hydrogens (tertiary/aromatic N) is 4. The third-order valence-electron chi connectivity index (χ3n) is 5.96. The van der Waals surface area contributed by atoms with Gasteiger partial charge in [-0.3, -0.25) is 8.97 Å². The molecule has 0 saturated heterocycles. The number of benzene rings is 3.